The molecule has 0 saturated heterocycles. The van der Waals surface area contributed by atoms with Gasteiger partial charge in [-0.1, -0.05) is 38.1 Å². The number of carbonyl (C=O) groups is 1. The Morgan fingerprint density at radius 2 is 1.72 bits per heavy atom. The third kappa shape index (κ3) is 6.40. The Morgan fingerprint density at radius 3 is 2.36 bits per heavy atom. The number of benzene rings is 2. The predicted octanol–water partition coefficient (Wildman–Crippen LogP) is 4.35. The monoisotopic (exact) mass is 362 g/mol. The summed E-state index contributed by atoms with van der Waals surface area (Å²) in [6, 6.07) is 16.9. The predicted molar refractivity (Wildman–Crippen MR) is 105 cm³/mol. The first-order valence-corrected chi connectivity index (χ1v) is 8.31. The molecular weight excluding hydrogens is 336 g/mol. The second-order valence-corrected chi connectivity index (χ2v) is 6.37. The van der Waals surface area contributed by atoms with Crippen molar-refractivity contribution in [2.45, 2.75) is 26.3 Å². The lowest BCUT2D eigenvalue weighted by atomic mass is 10.0. The van der Waals surface area contributed by atoms with Gasteiger partial charge in [-0.2, -0.15) is 0 Å². The van der Waals surface area contributed by atoms with Gasteiger partial charge in [0.1, 0.15) is 11.5 Å². The van der Waals surface area contributed by atoms with Gasteiger partial charge in [0.05, 0.1) is 0 Å². The van der Waals surface area contributed by atoms with E-state index in [-0.39, 0.29) is 24.4 Å². The molecule has 1 atom stereocenters. The highest BCUT2D eigenvalue weighted by atomic mass is 35.5. The summed E-state index contributed by atoms with van der Waals surface area (Å²) in [5, 5.41) is 0. The SMILES string of the molecule is CC(C)C(N)CCN(C)C(=O)c1cccc(Oc2ccccc2)c1.Cl. The average Bonchev–Trinajstić information content (AvgIpc) is 2.59. The highest BCUT2D eigenvalue weighted by Gasteiger charge is 2.15. The molecule has 0 heterocycles. The zero-order valence-corrected chi connectivity index (χ0v) is 15.8. The van der Waals surface area contributed by atoms with Crippen molar-refractivity contribution in [2.24, 2.45) is 11.7 Å². The molecule has 1 amide bonds. The van der Waals surface area contributed by atoms with Crippen LogP contribution in [0.3, 0.4) is 0 Å². The maximum absolute atomic E-state index is 12.6. The molecule has 0 saturated carbocycles. The van der Waals surface area contributed by atoms with Gasteiger partial charge >= 0.3 is 0 Å². The number of para-hydroxylation sites is 1. The standard InChI is InChI=1S/C20H26N2O2.ClH/c1-15(2)19(21)12-13-22(3)20(23)16-8-7-11-18(14-16)24-17-9-5-4-6-10-17;/h4-11,14-15,19H,12-13,21H2,1-3H3;1H. The third-order valence-electron chi connectivity index (χ3n) is 4.06. The van der Waals surface area contributed by atoms with Crippen LogP contribution in [0.2, 0.25) is 0 Å². The summed E-state index contributed by atoms with van der Waals surface area (Å²) in [6.45, 7) is 4.83. The topological polar surface area (TPSA) is 55.6 Å². The van der Waals surface area contributed by atoms with Crippen LogP contribution < -0.4 is 10.5 Å². The number of carbonyl (C=O) groups excluding carboxylic acids is 1. The van der Waals surface area contributed by atoms with Crippen molar-refractivity contribution in [3.63, 3.8) is 0 Å². The Morgan fingerprint density at radius 1 is 1.08 bits per heavy atom. The molecule has 0 bridgehead atoms. The molecule has 0 spiro atoms. The van der Waals surface area contributed by atoms with Crippen LogP contribution in [0.5, 0.6) is 11.5 Å². The first-order chi connectivity index (χ1) is 11.5. The number of amides is 1. The van der Waals surface area contributed by atoms with Crippen LogP contribution in [0, 0.1) is 5.92 Å². The van der Waals surface area contributed by atoms with E-state index in [0.29, 0.717) is 23.8 Å². The van der Waals surface area contributed by atoms with E-state index in [1.54, 1.807) is 24.1 Å². The molecule has 25 heavy (non-hydrogen) atoms. The van der Waals surface area contributed by atoms with Crippen molar-refractivity contribution >= 4 is 18.3 Å². The summed E-state index contributed by atoms with van der Waals surface area (Å²) < 4.78 is 5.79. The minimum absolute atomic E-state index is 0. The molecule has 0 aromatic heterocycles. The van der Waals surface area contributed by atoms with Gasteiger partial charge in [0.2, 0.25) is 0 Å². The Bertz CT molecular complexity index is 662. The maximum atomic E-state index is 12.6. The van der Waals surface area contributed by atoms with Crippen LogP contribution in [-0.4, -0.2) is 30.4 Å². The number of hydrogen-bond acceptors (Lipinski definition) is 3. The fourth-order valence-corrected chi connectivity index (χ4v) is 2.32. The molecule has 2 aromatic rings. The molecule has 0 aliphatic carbocycles. The van der Waals surface area contributed by atoms with Crippen LogP contribution in [-0.2, 0) is 0 Å². The molecule has 2 rings (SSSR count). The molecule has 4 nitrogen and oxygen atoms in total. The van der Waals surface area contributed by atoms with E-state index >= 15 is 0 Å². The molecule has 1 unspecified atom stereocenters. The molecular formula is C20H27ClN2O2. The minimum atomic E-state index is -0.0236. The number of halogens is 1. The van der Waals surface area contributed by atoms with E-state index in [1.165, 1.54) is 0 Å². The summed E-state index contributed by atoms with van der Waals surface area (Å²) in [5.74, 6) is 1.79. The van der Waals surface area contributed by atoms with Gasteiger partial charge in [0.25, 0.3) is 5.91 Å². The van der Waals surface area contributed by atoms with Gasteiger partial charge in [0, 0.05) is 25.2 Å². The summed E-state index contributed by atoms with van der Waals surface area (Å²) in [4.78, 5) is 14.3. The lowest BCUT2D eigenvalue weighted by molar-refractivity contribution is 0.0789. The summed E-state index contributed by atoms with van der Waals surface area (Å²) >= 11 is 0. The summed E-state index contributed by atoms with van der Waals surface area (Å²) in [6.07, 6.45) is 0.792. The zero-order valence-electron chi connectivity index (χ0n) is 15.0. The molecule has 0 fully saturated rings. The smallest absolute Gasteiger partial charge is 0.253 e. The number of rotatable bonds is 7. The molecule has 136 valence electrons. The number of ether oxygens (including phenoxy) is 1. The highest BCUT2D eigenvalue weighted by molar-refractivity contribution is 5.94. The highest BCUT2D eigenvalue weighted by Crippen LogP contribution is 2.22. The quantitative estimate of drug-likeness (QED) is 0.796. The van der Waals surface area contributed by atoms with Crippen LogP contribution in [0.15, 0.2) is 54.6 Å². The molecule has 5 heteroatoms. The van der Waals surface area contributed by atoms with E-state index in [1.807, 2.05) is 42.5 Å². The largest absolute Gasteiger partial charge is 0.457 e. The van der Waals surface area contributed by atoms with E-state index in [0.717, 1.165) is 12.2 Å². The first-order valence-electron chi connectivity index (χ1n) is 8.31. The summed E-state index contributed by atoms with van der Waals surface area (Å²) in [5.41, 5.74) is 6.67. The second kappa shape index (κ2) is 10.1. The van der Waals surface area contributed by atoms with Gasteiger partial charge in [-0.05, 0) is 42.7 Å². The van der Waals surface area contributed by atoms with Gasteiger partial charge in [0.15, 0.2) is 0 Å². The van der Waals surface area contributed by atoms with Crippen molar-refractivity contribution in [3.8, 4) is 11.5 Å². The summed E-state index contributed by atoms with van der Waals surface area (Å²) in [7, 11) is 1.81. The fraction of sp³-hybridized carbons (Fsp3) is 0.350. The Labute approximate surface area is 156 Å². The molecule has 0 radical (unpaired) electrons. The molecule has 2 N–H and O–H groups in total. The van der Waals surface area contributed by atoms with Crippen molar-refractivity contribution in [1.82, 2.24) is 4.90 Å². The molecule has 0 aliphatic heterocycles. The average molecular weight is 363 g/mol. The molecule has 2 aromatic carbocycles. The van der Waals surface area contributed by atoms with E-state index in [4.69, 9.17) is 10.5 Å². The van der Waals surface area contributed by atoms with Crippen molar-refractivity contribution in [2.75, 3.05) is 13.6 Å². The second-order valence-electron chi connectivity index (χ2n) is 6.37. The fourth-order valence-electron chi connectivity index (χ4n) is 2.32. The van der Waals surface area contributed by atoms with Gasteiger partial charge in [-0.3, -0.25) is 4.79 Å². The Hall–Kier alpha value is -2.04. The number of nitrogens with zero attached hydrogens (tertiary/aromatic N) is 1. The van der Waals surface area contributed by atoms with Crippen molar-refractivity contribution in [1.29, 1.82) is 0 Å². The number of hydrogen-bond donors (Lipinski definition) is 1. The van der Waals surface area contributed by atoms with Crippen molar-refractivity contribution in [3.05, 3.63) is 60.2 Å². The lowest BCUT2D eigenvalue weighted by Crippen LogP contribution is -2.34. The zero-order chi connectivity index (χ0) is 17.5. The van der Waals surface area contributed by atoms with Gasteiger partial charge in [-0.25, -0.2) is 0 Å². The minimum Gasteiger partial charge on any atom is -0.457 e. The van der Waals surface area contributed by atoms with E-state index in [2.05, 4.69) is 13.8 Å². The first kappa shape index (κ1) is 21.0. The van der Waals surface area contributed by atoms with E-state index < -0.39 is 0 Å². The maximum Gasteiger partial charge on any atom is 0.253 e. The van der Waals surface area contributed by atoms with Crippen molar-refractivity contribution < 1.29 is 9.53 Å². The van der Waals surface area contributed by atoms with Crippen LogP contribution in [0.4, 0.5) is 0 Å². The van der Waals surface area contributed by atoms with Crippen LogP contribution in [0.25, 0.3) is 0 Å². The van der Waals surface area contributed by atoms with Gasteiger partial charge < -0.3 is 15.4 Å². The van der Waals surface area contributed by atoms with Crippen LogP contribution >= 0.6 is 12.4 Å². The number of nitrogens with two attached hydrogens (primary N) is 1. The normalized spacial score (nSPS) is 11.6. The Kier molecular flexibility index (Phi) is 8.46. The van der Waals surface area contributed by atoms with Gasteiger partial charge in [-0.15, -0.1) is 12.4 Å². The third-order valence-corrected chi connectivity index (χ3v) is 4.06. The van der Waals surface area contributed by atoms with E-state index in [9.17, 15) is 4.79 Å². The van der Waals surface area contributed by atoms with Crippen LogP contribution in [0.1, 0.15) is 30.6 Å². The Balaban J connectivity index is 0.00000312. The lowest BCUT2D eigenvalue weighted by Gasteiger charge is -2.21. The molecule has 0 aliphatic rings.